The van der Waals surface area contributed by atoms with Crippen LogP contribution >= 0.6 is 11.3 Å². The number of hydrogen-bond acceptors (Lipinski definition) is 5. The minimum Gasteiger partial charge on any atom is -0.495 e. The third-order valence-electron chi connectivity index (χ3n) is 4.94. The fraction of sp³-hybridized carbons (Fsp3) is 0.261. The van der Waals surface area contributed by atoms with Crippen LogP contribution in [0.5, 0.6) is 5.75 Å². The monoisotopic (exact) mass is 458 g/mol. The molecular weight excluding hydrogens is 432 g/mol. The third kappa shape index (κ3) is 5.33. The predicted molar refractivity (Wildman–Crippen MR) is 123 cm³/mol. The van der Waals surface area contributed by atoms with Gasteiger partial charge in [-0.05, 0) is 42.1 Å². The summed E-state index contributed by atoms with van der Waals surface area (Å²) in [7, 11) is -0.941. The largest absolute Gasteiger partial charge is 0.495 e. The van der Waals surface area contributed by atoms with Crippen molar-refractivity contribution in [2.24, 2.45) is 0 Å². The van der Waals surface area contributed by atoms with Gasteiger partial charge in [0.1, 0.15) is 10.6 Å². The number of thiophene rings is 1. The van der Waals surface area contributed by atoms with Crippen molar-refractivity contribution < 1.29 is 17.9 Å². The van der Waals surface area contributed by atoms with Crippen molar-refractivity contribution in [3.8, 4) is 5.75 Å². The van der Waals surface area contributed by atoms with Gasteiger partial charge in [-0.2, -0.15) is 4.31 Å². The number of sulfonamides is 1. The van der Waals surface area contributed by atoms with E-state index in [9.17, 15) is 13.2 Å². The summed E-state index contributed by atoms with van der Waals surface area (Å²) < 4.78 is 33.2. The Morgan fingerprint density at radius 2 is 1.77 bits per heavy atom. The van der Waals surface area contributed by atoms with Crippen molar-refractivity contribution in [1.29, 1.82) is 0 Å². The van der Waals surface area contributed by atoms with E-state index in [-0.39, 0.29) is 23.1 Å². The fourth-order valence-electron chi connectivity index (χ4n) is 3.21. The maximum absolute atomic E-state index is 13.3. The molecule has 0 radical (unpaired) electrons. The summed E-state index contributed by atoms with van der Waals surface area (Å²) in [6, 6.07) is 17.8. The zero-order chi connectivity index (χ0) is 22.4. The first-order chi connectivity index (χ1) is 14.9. The Labute approximate surface area is 187 Å². The Hall–Kier alpha value is -2.68. The highest BCUT2D eigenvalue weighted by molar-refractivity contribution is 7.89. The van der Waals surface area contributed by atoms with Crippen LogP contribution in [0.25, 0.3) is 0 Å². The van der Waals surface area contributed by atoms with E-state index in [0.29, 0.717) is 18.7 Å². The molecule has 0 fully saturated rings. The van der Waals surface area contributed by atoms with Gasteiger partial charge < -0.3 is 9.64 Å². The van der Waals surface area contributed by atoms with Crippen LogP contribution in [0.4, 0.5) is 0 Å². The molecule has 0 aliphatic heterocycles. The second-order valence-electron chi connectivity index (χ2n) is 7.01. The van der Waals surface area contributed by atoms with Crippen LogP contribution in [0.1, 0.15) is 27.7 Å². The number of nitrogens with zero attached hydrogens (tertiary/aromatic N) is 2. The molecule has 0 atom stereocenters. The molecule has 0 saturated heterocycles. The summed E-state index contributed by atoms with van der Waals surface area (Å²) >= 11 is 1.58. The lowest BCUT2D eigenvalue weighted by molar-refractivity contribution is 0.0754. The SMILES string of the molecule is CCN(Cc1cccs1)C(=O)c1ccc(OC)c(S(=O)(=O)N(C)Cc2ccccc2)c1. The summed E-state index contributed by atoms with van der Waals surface area (Å²) in [5.74, 6) is -0.0153. The van der Waals surface area contributed by atoms with Crippen molar-refractivity contribution in [2.45, 2.75) is 24.9 Å². The molecule has 0 N–H and O–H groups in total. The average Bonchev–Trinajstić information content (AvgIpc) is 3.30. The van der Waals surface area contributed by atoms with Gasteiger partial charge in [0.15, 0.2) is 0 Å². The minimum atomic E-state index is -3.88. The van der Waals surface area contributed by atoms with E-state index in [1.165, 1.54) is 30.6 Å². The highest BCUT2D eigenvalue weighted by Gasteiger charge is 2.27. The first-order valence-electron chi connectivity index (χ1n) is 9.86. The summed E-state index contributed by atoms with van der Waals surface area (Å²) in [5.41, 5.74) is 1.18. The van der Waals surface area contributed by atoms with Crippen LogP contribution in [0.3, 0.4) is 0 Å². The van der Waals surface area contributed by atoms with E-state index in [0.717, 1.165) is 10.4 Å². The predicted octanol–water partition coefficient (Wildman–Crippen LogP) is 4.24. The number of methoxy groups -OCH3 is 1. The molecule has 8 heteroatoms. The van der Waals surface area contributed by atoms with E-state index >= 15 is 0 Å². The number of rotatable bonds is 9. The lowest BCUT2D eigenvalue weighted by atomic mass is 10.2. The zero-order valence-electron chi connectivity index (χ0n) is 17.8. The molecule has 0 aliphatic rings. The summed E-state index contributed by atoms with van der Waals surface area (Å²) in [6.07, 6.45) is 0. The highest BCUT2D eigenvalue weighted by Crippen LogP contribution is 2.29. The van der Waals surface area contributed by atoms with Gasteiger partial charge in [-0.3, -0.25) is 4.79 Å². The molecule has 0 aliphatic carbocycles. The van der Waals surface area contributed by atoms with Crippen molar-refractivity contribution in [3.63, 3.8) is 0 Å². The van der Waals surface area contributed by atoms with Crippen molar-refractivity contribution >= 4 is 27.3 Å². The van der Waals surface area contributed by atoms with Gasteiger partial charge in [-0.15, -0.1) is 11.3 Å². The molecule has 1 heterocycles. The zero-order valence-corrected chi connectivity index (χ0v) is 19.4. The summed E-state index contributed by atoms with van der Waals surface area (Å²) in [5, 5.41) is 1.97. The van der Waals surface area contributed by atoms with Gasteiger partial charge in [-0.1, -0.05) is 36.4 Å². The van der Waals surface area contributed by atoms with Crippen molar-refractivity contribution in [3.05, 3.63) is 82.0 Å². The molecule has 6 nitrogen and oxygen atoms in total. The maximum atomic E-state index is 13.3. The normalized spacial score (nSPS) is 11.5. The summed E-state index contributed by atoms with van der Waals surface area (Å²) in [4.78, 5) is 15.9. The van der Waals surface area contributed by atoms with Gasteiger partial charge in [-0.25, -0.2) is 8.42 Å². The second kappa shape index (κ2) is 10.1. The molecular formula is C23H26N2O4S2. The molecule has 0 bridgehead atoms. The highest BCUT2D eigenvalue weighted by atomic mass is 32.2. The minimum absolute atomic E-state index is 0.0218. The van der Waals surface area contributed by atoms with Crippen LogP contribution in [0, 0.1) is 0 Å². The number of carbonyl (C=O) groups excluding carboxylic acids is 1. The lowest BCUT2D eigenvalue weighted by Crippen LogP contribution is -2.31. The number of benzene rings is 2. The second-order valence-corrected chi connectivity index (χ2v) is 10.1. The number of amides is 1. The van der Waals surface area contributed by atoms with E-state index in [1.54, 1.807) is 22.3 Å². The quantitative estimate of drug-likeness (QED) is 0.481. The van der Waals surface area contributed by atoms with Crippen molar-refractivity contribution in [1.82, 2.24) is 9.21 Å². The first kappa shape index (κ1) is 23.0. The number of ether oxygens (including phenoxy) is 1. The lowest BCUT2D eigenvalue weighted by Gasteiger charge is -2.22. The smallest absolute Gasteiger partial charge is 0.254 e. The third-order valence-corrected chi connectivity index (χ3v) is 7.63. The van der Waals surface area contributed by atoms with Crippen LogP contribution in [-0.2, 0) is 23.1 Å². The fourth-order valence-corrected chi connectivity index (χ4v) is 5.26. The van der Waals surface area contributed by atoms with Gasteiger partial charge in [0, 0.05) is 30.6 Å². The summed E-state index contributed by atoms with van der Waals surface area (Å²) in [6.45, 7) is 3.11. The van der Waals surface area contributed by atoms with Crippen LogP contribution in [0.15, 0.2) is 70.9 Å². The van der Waals surface area contributed by atoms with E-state index in [2.05, 4.69) is 0 Å². The Balaban J connectivity index is 1.91. The molecule has 0 saturated carbocycles. The average molecular weight is 459 g/mol. The number of carbonyl (C=O) groups is 1. The molecule has 2 aromatic carbocycles. The molecule has 1 amide bonds. The molecule has 3 rings (SSSR count). The number of hydrogen-bond donors (Lipinski definition) is 0. The Morgan fingerprint density at radius 1 is 1.03 bits per heavy atom. The Kier molecular flexibility index (Phi) is 7.48. The molecule has 0 unspecified atom stereocenters. The standard InChI is InChI=1S/C23H26N2O4S2/c1-4-25(17-20-11-8-14-30-20)23(26)19-12-13-21(29-3)22(15-19)31(27,28)24(2)16-18-9-6-5-7-10-18/h5-15H,4,16-17H2,1-3H3. The van der Waals surface area contributed by atoms with E-state index in [4.69, 9.17) is 4.74 Å². The molecule has 0 spiro atoms. The molecule has 1 aromatic heterocycles. The molecule has 31 heavy (non-hydrogen) atoms. The molecule has 3 aromatic rings. The van der Waals surface area contributed by atoms with Crippen LogP contribution < -0.4 is 4.74 Å². The Morgan fingerprint density at radius 3 is 2.39 bits per heavy atom. The van der Waals surface area contributed by atoms with Gasteiger partial charge >= 0.3 is 0 Å². The van der Waals surface area contributed by atoms with E-state index in [1.807, 2.05) is 54.8 Å². The van der Waals surface area contributed by atoms with Crippen LogP contribution in [-0.4, -0.2) is 44.2 Å². The Bertz CT molecular complexity index is 1110. The van der Waals surface area contributed by atoms with Crippen LogP contribution in [0.2, 0.25) is 0 Å². The van der Waals surface area contributed by atoms with Gasteiger partial charge in [0.2, 0.25) is 10.0 Å². The van der Waals surface area contributed by atoms with Gasteiger partial charge in [0.05, 0.1) is 13.7 Å². The van der Waals surface area contributed by atoms with Gasteiger partial charge in [0.25, 0.3) is 5.91 Å². The topological polar surface area (TPSA) is 66.9 Å². The van der Waals surface area contributed by atoms with E-state index < -0.39 is 10.0 Å². The first-order valence-corrected chi connectivity index (χ1v) is 12.2. The molecule has 164 valence electrons. The maximum Gasteiger partial charge on any atom is 0.254 e. The van der Waals surface area contributed by atoms with Crippen molar-refractivity contribution in [2.75, 3.05) is 20.7 Å².